The van der Waals surface area contributed by atoms with Gasteiger partial charge in [0.1, 0.15) is 11.6 Å². The van der Waals surface area contributed by atoms with Crippen molar-refractivity contribution >= 4 is 23.3 Å². The highest BCUT2D eigenvalue weighted by molar-refractivity contribution is 6.30. The largest absolute Gasteiger partial charge is 0.368 e. The van der Waals surface area contributed by atoms with Crippen LogP contribution in [0.15, 0.2) is 48.8 Å². The van der Waals surface area contributed by atoms with E-state index in [1.54, 1.807) is 23.0 Å². The van der Waals surface area contributed by atoms with Crippen LogP contribution in [-0.2, 0) is 11.2 Å². The summed E-state index contributed by atoms with van der Waals surface area (Å²) in [5.41, 5.74) is 0.926. The molecule has 0 aliphatic heterocycles. The molecule has 2 heterocycles. The number of anilines is 1. The third kappa shape index (κ3) is 5.03. The van der Waals surface area contributed by atoms with Crippen LogP contribution in [-0.4, -0.2) is 38.7 Å². The van der Waals surface area contributed by atoms with Gasteiger partial charge in [0.25, 0.3) is 0 Å². The van der Waals surface area contributed by atoms with E-state index in [0.29, 0.717) is 42.0 Å². The maximum Gasteiger partial charge on any atom is 0.224 e. The lowest BCUT2D eigenvalue weighted by Crippen LogP contribution is -2.30. The molecule has 0 radical (unpaired) electrons. The highest BCUT2D eigenvalue weighted by Gasteiger charge is 2.05. The summed E-state index contributed by atoms with van der Waals surface area (Å²) in [6.07, 6.45) is 3.84. The fourth-order valence-corrected chi connectivity index (χ4v) is 2.53. The van der Waals surface area contributed by atoms with Gasteiger partial charge in [-0.05, 0) is 30.7 Å². The summed E-state index contributed by atoms with van der Waals surface area (Å²) in [6, 6.07) is 10.9. The first-order valence-corrected chi connectivity index (χ1v) is 8.59. The first kappa shape index (κ1) is 17.9. The minimum Gasteiger partial charge on any atom is -0.368 e. The van der Waals surface area contributed by atoms with Crippen LogP contribution in [0.25, 0.3) is 5.82 Å². The molecule has 2 aromatic heterocycles. The average Bonchev–Trinajstić information content (AvgIpc) is 3.15. The Bertz CT molecular complexity index is 864. The molecule has 0 saturated carbocycles. The Morgan fingerprint density at radius 2 is 2.00 bits per heavy atom. The average molecular weight is 371 g/mol. The van der Waals surface area contributed by atoms with Crippen LogP contribution in [0.3, 0.4) is 0 Å². The molecule has 134 valence electrons. The number of benzene rings is 1. The van der Waals surface area contributed by atoms with E-state index < -0.39 is 0 Å². The third-order valence-electron chi connectivity index (χ3n) is 3.59. The van der Waals surface area contributed by atoms with Crippen molar-refractivity contribution in [3.05, 3.63) is 65.2 Å². The summed E-state index contributed by atoms with van der Waals surface area (Å²) in [6.45, 7) is 2.88. The lowest BCUT2D eigenvalue weighted by atomic mass is 10.1. The molecule has 8 heteroatoms. The predicted octanol–water partition coefficient (Wildman–Crippen LogP) is 2.39. The van der Waals surface area contributed by atoms with Gasteiger partial charge in [-0.3, -0.25) is 4.79 Å². The highest BCUT2D eigenvalue weighted by Crippen LogP contribution is 2.10. The van der Waals surface area contributed by atoms with Crippen molar-refractivity contribution in [3.63, 3.8) is 0 Å². The summed E-state index contributed by atoms with van der Waals surface area (Å²) >= 11 is 5.84. The Hall–Kier alpha value is -2.93. The van der Waals surface area contributed by atoms with Crippen LogP contribution in [0.1, 0.15) is 11.4 Å². The van der Waals surface area contributed by atoms with Crippen molar-refractivity contribution in [1.29, 1.82) is 0 Å². The van der Waals surface area contributed by atoms with E-state index in [9.17, 15) is 4.79 Å². The van der Waals surface area contributed by atoms with Crippen LogP contribution in [0.5, 0.6) is 0 Å². The van der Waals surface area contributed by atoms with Gasteiger partial charge in [-0.1, -0.05) is 23.7 Å². The number of carbonyl (C=O) groups is 1. The number of carbonyl (C=O) groups excluding carboxylic acids is 1. The molecule has 1 amide bonds. The summed E-state index contributed by atoms with van der Waals surface area (Å²) < 4.78 is 1.67. The Labute approximate surface area is 156 Å². The van der Waals surface area contributed by atoms with Crippen LogP contribution in [0.4, 0.5) is 5.82 Å². The van der Waals surface area contributed by atoms with Crippen molar-refractivity contribution < 1.29 is 4.79 Å². The molecule has 0 atom stereocenters. The molecule has 0 bridgehead atoms. The van der Waals surface area contributed by atoms with Crippen molar-refractivity contribution in [2.24, 2.45) is 0 Å². The quantitative estimate of drug-likeness (QED) is 0.624. The monoisotopic (exact) mass is 370 g/mol. The van der Waals surface area contributed by atoms with Gasteiger partial charge in [0.05, 0.1) is 6.42 Å². The van der Waals surface area contributed by atoms with E-state index in [1.807, 2.05) is 37.4 Å². The third-order valence-corrected chi connectivity index (χ3v) is 3.85. The molecule has 1 aromatic carbocycles. The Morgan fingerprint density at radius 3 is 2.73 bits per heavy atom. The maximum absolute atomic E-state index is 12.0. The molecular weight excluding hydrogens is 352 g/mol. The molecule has 3 aromatic rings. The number of nitrogens with zero attached hydrogens (tertiary/aromatic N) is 4. The minimum atomic E-state index is -0.0368. The van der Waals surface area contributed by atoms with Crippen LogP contribution >= 0.6 is 11.6 Å². The number of aryl methyl sites for hydroxylation is 1. The fourth-order valence-electron chi connectivity index (χ4n) is 2.41. The number of nitrogens with one attached hydrogen (secondary N) is 2. The van der Waals surface area contributed by atoms with Crippen LogP contribution in [0, 0.1) is 6.92 Å². The summed E-state index contributed by atoms with van der Waals surface area (Å²) in [4.78, 5) is 20.7. The van der Waals surface area contributed by atoms with Crippen molar-refractivity contribution in [2.75, 3.05) is 18.4 Å². The van der Waals surface area contributed by atoms with Gasteiger partial charge in [-0.15, -0.1) is 0 Å². The van der Waals surface area contributed by atoms with Gasteiger partial charge in [-0.2, -0.15) is 5.10 Å². The molecule has 7 nitrogen and oxygen atoms in total. The Kier molecular flexibility index (Phi) is 5.80. The standard InChI is InChI=1S/C18H19ClN6O/c1-13-23-16(12-17(24-13)25-10-2-7-22-25)20-8-9-21-18(26)11-14-3-5-15(19)6-4-14/h2-7,10,12H,8-9,11H2,1H3,(H,21,26)(H,20,23,24). The highest BCUT2D eigenvalue weighted by atomic mass is 35.5. The van der Waals surface area contributed by atoms with E-state index in [-0.39, 0.29) is 5.91 Å². The molecule has 0 unspecified atom stereocenters. The zero-order valence-corrected chi connectivity index (χ0v) is 15.1. The van der Waals surface area contributed by atoms with Crippen LogP contribution in [0.2, 0.25) is 5.02 Å². The summed E-state index contributed by atoms with van der Waals surface area (Å²) in [5.74, 6) is 1.99. The maximum atomic E-state index is 12.0. The summed E-state index contributed by atoms with van der Waals surface area (Å²) in [5, 5.41) is 10.9. The number of aromatic nitrogens is 4. The smallest absolute Gasteiger partial charge is 0.224 e. The van der Waals surface area contributed by atoms with Gasteiger partial charge in [0.2, 0.25) is 5.91 Å². The van der Waals surface area contributed by atoms with Crippen LogP contribution < -0.4 is 10.6 Å². The molecule has 0 fully saturated rings. The van der Waals surface area contributed by atoms with E-state index in [0.717, 1.165) is 5.56 Å². The van der Waals surface area contributed by atoms with E-state index >= 15 is 0 Å². The number of amides is 1. The van der Waals surface area contributed by atoms with E-state index in [4.69, 9.17) is 11.6 Å². The van der Waals surface area contributed by atoms with Gasteiger partial charge >= 0.3 is 0 Å². The van der Waals surface area contributed by atoms with Gasteiger partial charge in [0, 0.05) is 36.6 Å². The summed E-state index contributed by atoms with van der Waals surface area (Å²) in [7, 11) is 0. The molecule has 0 aliphatic carbocycles. The second kappa shape index (κ2) is 8.44. The number of hydrogen-bond acceptors (Lipinski definition) is 5. The SMILES string of the molecule is Cc1nc(NCCNC(=O)Cc2ccc(Cl)cc2)cc(-n2cccn2)n1. The number of rotatable bonds is 7. The lowest BCUT2D eigenvalue weighted by Gasteiger charge is -2.09. The van der Waals surface area contributed by atoms with Gasteiger partial charge in [-0.25, -0.2) is 14.6 Å². The molecule has 0 spiro atoms. The number of halogens is 1. The first-order chi connectivity index (χ1) is 12.6. The van der Waals surface area contributed by atoms with E-state index in [1.165, 1.54) is 0 Å². The molecule has 26 heavy (non-hydrogen) atoms. The fraction of sp³-hybridized carbons (Fsp3) is 0.222. The zero-order chi connectivity index (χ0) is 18.4. The van der Waals surface area contributed by atoms with Gasteiger partial charge in [0.15, 0.2) is 5.82 Å². The second-order valence-electron chi connectivity index (χ2n) is 5.69. The number of hydrogen-bond donors (Lipinski definition) is 2. The molecule has 3 rings (SSSR count). The van der Waals surface area contributed by atoms with Gasteiger partial charge < -0.3 is 10.6 Å². The molecule has 2 N–H and O–H groups in total. The van der Waals surface area contributed by atoms with Crippen molar-refractivity contribution in [2.45, 2.75) is 13.3 Å². The predicted molar refractivity (Wildman–Crippen MR) is 101 cm³/mol. The first-order valence-electron chi connectivity index (χ1n) is 8.21. The lowest BCUT2D eigenvalue weighted by molar-refractivity contribution is -0.120. The topological polar surface area (TPSA) is 84.7 Å². The van der Waals surface area contributed by atoms with Crippen molar-refractivity contribution in [3.8, 4) is 5.82 Å². The molecule has 0 saturated heterocycles. The molecule has 0 aliphatic rings. The zero-order valence-electron chi connectivity index (χ0n) is 14.3. The normalized spacial score (nSPS) is 10.5. The second-order valence-corrected chi connectivity index (χ2v) is 6.13. The Balaban J connectivity index is 1.47. The Morgan fingerprint density at radius 1 is 1.19 bits per heavy atom. The minimum absolute atomic E-state index is 0.0368. The molecular formula is C18H19ClN6O. The van der Waals surface area contributed by atoms with Crippen molar-refractivity contribution in [1.82, 2.24) is 25.1 Å². The van der Waals surface area contributed by atoms with E-state index in [2.05, 4.69) is 25.7 Å².